The van der Waals surface area contributed by atoms with E-state index in [1.165, 1.54) is 12.1 Å². The highest BCUT2D eigenvalue weighted by atomic mass is 19.4. The van der Waals surface area contributed by atoms with Crippen LogP contribution in [0, 0.1) is 0 Å². The number of hydrogen-bond acceptors (Lipinski definition) is 4. The van der Waals surface area contributed by atoms with Gasteiger partial charge < -0.3 is 16.4 Å². The molecule has 10 heteroatoms. The maximum atomic E-state index is 12.7. The average molecular weight is 454 g/mol. The zero-order chi connectivity index (χ0) is 23.8. The van der Waals surface area contributed by atoms with Gasteiger partial charge in [0.25, 0.3) is 0 Å². The number of carbonyl (C=O) groups excluding carboxylic acids is 1. The molecule has 0 fully saturated rings. The van der Waals surface area contributed by atoms with Crippen molar-refractivity contribution in [2.75, 3.05) is 16.4 Å². The van der Waals surface area contributed by atoms with Crippen molar-refractivity contribution in [3.8, 4) is 11.3 Å². The molecule has 0 saturated heterocycles. The van der Waals surface area contributed by atoms with Gasteiger partial charge in [-0.3, -0.25) is 4.40 Å². The van der Waals surface area contributed by atoms with Gasteiger partial charge in [0.1, 0.15) is 22.9 Å². The van der Waals surface area contributed by atoms with Gasteiger partial charge in [0.05, 0.1) is 5.56 Å². The lowest BCUT2D eigenvalue weighted by atomic mass is 10.1. The molecule has 0 aliphatic heterocycles. The van der Waals surface area contributed by atoms with Gasteiger partial charge >= 0.3 is 12.2 Å². The first-order chi connectivity index (χ1) is 15.6. The quantitative estimate of drug-likeness (QED) is 0.365. The minimum absolute atomic E-state index is 0.169. The molecule has 4 aromatic rings. The van der Waals surface area contributed by atoms with E-state index in [2.05, 4.69) is 15.6 Å². The van der Waals surface area contributed by atoms with Gasteiger partial charge in [0.2, 0.25) is 0 Å². The zero-order valence-corrected chi connectivity index (χ0v) is 17.8. The number of nitrogens with zero attached hydrogens (tertiary/aromatic N) is 3. The van der Waals surface area contributed by atoms with Crippen LogP contribution in [0.2, 0.25) is 0 Å². The lowest BCUT2D eigenvalue weighted by Crippen LogP contribution is -2.19. The summed E-state index contributed by atoms with van der Waals surface area (Å²) in [6.45, 7) is 4.08. The summed E-state index contributed by atoms with van der Waals surface area (Å²) >= 11 is 0. The number of alkyl halides is 3. The Labute approximate surface area is 187 Å². The number of rotatable bonds is 4. The van der Waals surface area contributed by atoms with E-state index in [1.54, 1.807) is 30.5 Å². The summed E-state index contributed by atoms with van der Waals surface area (Å²) in [4.78, 5) is 21.2. The minimum atomic E-state index is -4.43. The summed E-state index contributed by atoms with van der Waals surface area (Å²) < 4.78 is 39.9. The standard InChI is InChI=1S/C23H21F3N6O/c1-13(2)21-31-18(19-20(27)28-11-12-32(19)21)14-3-7-16(8-4-14)29-22(33)30-17-9-5-15(6-10-17)23(24,25)26/h3-13H,1-2H3,(H2,27,28)(H2,29,30,33). The third-order valence-corrected chi connectivity index (χ3v) is 5.01. The summed E-state index contributed by atoms with van der Waals surface area (Å²) in [7, 11) is 0. The van der Waals surface area contributed by atoms with Crippen LogP contribution in [-0.4, -0.2) is 20.4 Å². The SMILES string of the molecule is CC(C)c1nc(-c2ccc(NC(=O)Nc3ccc(C(F)(F)F)cc3)cc2)c2c(N)nccn12. The topological polar surface area (TPSA) is 97.3 Å². The van der Waals surface area contributed by atoms with Crippen molar-refractivity contribution in [3.63, 3.8) is 0 Å². The third-order valence-electron chi connectivity index (χ3n) is 5.01. The first-order valence-corrected chi connectivity index (χ1v) is 10.1. The van der Waals surface area contributed by atoms with Crippen LogP contribution >= 0.6 is 0 Å². The first kappa shape index (κ1) is 22.1. The molecule has 4 N–H and O–H groups in total. The predicted molar refractivity (Wildman–Crippen MR) is 121 cm³/mol. The van der Waals surface area contributed by atoms with Crippen LogP contribution in [0.4, 0.5) is 35.2 Å². The molecule has 0 bridgehead atoms. The number of carbonyl (C=O) groups is 1. The van der Waals surface area contributed by atoms with Gasteiger partial charge in [0.15, 0.2) is 0 Å². The van der Waals surface area contributed by atoms with Gasteiger partial charge in [-0.2, -0.15) is 13.2 Å². The molecular weight excluding hydrogens is 433 g/mol. The number of fused-ring (bicyclic) bond motifs is 1. The Morgan fingerprint density at radius 1 is 1.00 bits per heavy atom. The van der Waals surface area contributed by atoms with Crippen molar-refractivity contribution in [1.29, 1.82) is 0 Å². The zero-order valence-electron chi connectivity index (χ0n) is 17.8. The van der Waals surface area contributed by atoms with E-state index < -0.39 is 17.8 Å². The number of hydrogen-bond donors (Lipinski definition) is 3. The maximum absolute atomic E-state index is 12.7. The molecule has 33 heavy (non-hydrogen) atoms. The van der Waals surface area contributed by atoms with Crippen LogP contribution in [0.5, 0.6) is 0 Å². The molecule has 0 spiro atoms. The molecule has 170 valence electrons. The van der Waals surface area contributed by atoms with Crippen molar-refractivity contribution < 1.29 is 18.0 Å². The van der Waals surface area contributed by atoms with E-state index >= 15 is 0 Å². The lowest BCUT2D eigenvalue weighted by molar-refractivity contribution is -0.137. The summed E-state index contributed by atoms with van der Waals surface area (Å²) in [6.07, 6.45) is -0.986. The minimum Gasteiger partial charge on any atom is -0.382 e. The fraction of sp³-hybridized carbons (Fsp3) is 0.174. The molecule has 2 aromatic heterocycles. The largest absolute Gasteiger partial charge is 0.416 e. The molecule has 0 aliphatic rings. The molecule has 2 amide bonds. The van der Waals surface area contributed by atoms with Crippen LogP contribution in [0.3, 0.4) is 0 Å². The molecule has 0 radical (unpaired) electrons. The Morgan fingerprint density at radius 2 is 1.58 bits per heavy atom. The number of benzene rings is 2. The number of aromatic nitrogens is 3. The average Bonchev–Trinajstić information content (AvgIpc) is 3.15. The molecule has 0 unspecified atom stereocenters. The smallest absolute Gasteiger partial charge is 0.382 e. The van der Waals surface area contributed by atoms with Crippen LogP contribution < -0.4 is 16.4 Å². The predicted octanol–water partition coefficient (Wildman–Crippen LogP) is 5.76. The van der Waals surface area contributed by atoms with Crippen LogP contribution in [0.25, 0.3) is 16.8 Å². The monoisotopic (exact) mass is 454 g/mol. The molecule has 0 aliphatic carbocycles. The Bertz CT molecular complexity index is 1300. The van der Waals surface area contributed by atoms with Crippen LogP contribution in [-0.2, 0) is 6.18 Å². The van der Waals surface area contributed by atoms with E-state index in [0.29, 0.717) is 22.7 Å². The summed E-state index contributed by atoms with van der Waals surface area (Å²) in [5.41, 5.74) is 8.26. The maximum Gasteiger partial charge on any atom is 0.416 e. The van der Waals surface area contributed by atoms with Crippen molar-refractivity contribution in [2.24, 2.45) is 0 Å². The Morgan fingerprint density at radius 3 is 2.12 bits per heavy atom. The number of amides is 2. The van der Waals surface area contributed by atoms with Gasteiger partial charge in [-0.15, -0.1) is 0 Å². The number of nitrogen functional groups attached to an aromatic ring is 1. The highest BCUT2D eigenvalue weighted by Gasteiger charge is 2.30. The molecule has 2 aromatic carbocycles. The summed E-state index contributed by atoms with van der Waals surface area (Å²) in [5, 5.41) is 5.16. The second kappa shape index (κ2) is 8.45. The van der Waals surface area contributed by atoms with E-state index in [0.717, 1.165) is 23.5 Å². The Kier molecular flexibility index (Phi) is 5.67. The Balaban J connectivity index is 1.51. The normalized spacial score (nSPS) is 11.7. The van der Waals surface area contributed by atoms with Crippen LogP contribution in [0.15, 0.2) is 60.9 Å². The Hall–Kier alpha value is -4.08. The fourth-order valence-corrected chi connectivity index (χ4v) is 3.44. The van der Waals surface area contributed by atoms with Crippen molar-refractivity contribution in [2.45, 2.75) is 25.9 Å². The summed E-state index contributed by atoms with van der Waals surface area (Å²) in [5.74, 6) is 1.39. The fourth-order valence-electron chi connectivity index (χ4n) is 3.44. The number of anilines is 3. The molecule has 2 heterocycles. The number of nitrogens with two attached hydrogens (primary N) is 1. The molecule has 7 nitrogen and oxygen atoms in total. The highest BCUT2D eigenvalue weighted by Crippen LogP contribution is 2.31. The molecular formula is C23H21F3N6O. The van der Waals surface area contributed by atoms with E-state index in [-0.39, 0.29) is 11.6 Å². The van der Waals surface area contributed by atoms with Crippen LogP contribution in [0.1, 0.15) is 31.2 Å². The van der Waals surface area contributed by atoms with E-state index in [9.17, 15) is 18.0 Å². The second-order valence-electron chi connectivity index (χ2n) is 7.74. The number of urea groups is 1. The van der Waals surface area contributed by atoms with Gasteiger partial charge in [-0.25, -0.2) is 14.8 Å². The molecule has 0 saturated carbocycles. The second-order valence-corrected chi connectivity index (χ2v) is 7.74. The lowest BCUT2D eigenvalue weighted by Gasteiger charge is -2.10. The van der Waals surface area contributed by atoms with Gasteiger partial charge in [0, 0.05) is 35.2 Å². The van der Waals surface area contributed by atoms with E-state index in [1.807, 2.05) is 24.4 Å². The number of imidazole rings is 1. The van der Waals surface area contributed by atoms with Crippen molar-refractivity contribution in [1.82, 2.24) is 14.4 Å². The number of halogens is 3. The first-order valence-electron chi connectivity index (χ1n) is 10.1. The van der Waals surface area contributed by atoms with Crippen molar-refractivity contribution in [3.05, 3.63) is 72.3 Å². The van der Waals surface area contributed by atoms with Crippen molar-refractivity contribution >= 4 is 28.7 Å². The van der Waals surface area contributed by atoms with Gasteiger partial charge in [-0.05, 0) is 36.4 Å². The highest BCUT2D eigenvalue weighted by molar-refractivity contribution is 6.00. The molecule has 0 atom stereocenters. The summed E-state index contributed by atoms with van der Waals surface area (Å²) in [6, 6.07) is 10.6. The molecule has 4 rings (SSSR count). The van der Waals surface area contributed by atoms with E-state index in [4.69, 9.17) is 10.7 Å². The van der Waals surface area contributed by atoms with Gasteiger partial charge in [-0.1, -0.05) is 26.0 Å². The number of nitrogens with one attached hydrogen (secondary N) is 2. The third kappa shape index (κ3) is 4.59.